The van der Waals surface area contributed by atoms with Gasteiger partial charge in [0, 0.05) is 12.3 Å². The number of rotatable bonds is 8. The molecule has 1 aliphatic carbocycles. The maximum absolute atomic E-state index is 12.5. The summed E-state index contributed by atoms with van der Waals surface area (Å²) in [5, 5.41) is 0. The molecule has 4 heteroatoms. The van der Waals surface area contributed by atoms with E-state index < -0.39 is 12.1 Å². The molecule has 1 aliphatic rings. The third kappa shape index (κ3) is 6.27. The van der Waals surface area contributed by atoms with Crippen LogP contribution in [-0.4, -0.2) is 12.0 Å². The molecule has 1 saturated carbocycles. The first-order chi connectivity index (χ1) is 9.45. The quantitative estimate of drug-likeness (QED) is 0.526. The molecule has 0 aromatic rings. The van der Waals surface area contributed by atoms with Crippen LogP contribution < -0.4 is 0 Å². The zero-order chi connectivity index (χ0) is 15.0. The minimum absolute atomic E-state index is 0.107. The molecular weight excluding hydrogens is 265 g/mol. The summed E-state index contributed by atoms with van der Waals surface area (Å²) in [4.78, 5) is 12.0. The Bertz CT molecular complexity index is 278. The summed E-state index contributed by atoms with van der Waals surface area (Å²) in [6, 6.07) is 0. The normalized spacial score (nSPS) is 23.8. The lowest BCUT2D eigenvalue weighted by Crippen LogP contribution is -2.30. The van der Waals surface area contributed by atoms with Crippen molar-refractivity contribution in [3.05, 3.63) is 0 Å². The van der Waals surface area contributed by atoms with Crippen LogP contribution >= 0.6 is 0 Å². The monoisotopic (exact) mass is 292 g/mol. The van der Waals surface area contributed by atoms with Gasteiger partial charge in [0.2, 0.25) is 0 Å². The lowest BCUT2D eigenvalue weighted by atomic mass is 9.79. The number of ketones is 1. The number of carbonyl (C=O) groups is 1. The lowest BCUT2D eigenvalue weighted by Gasteiger charge is -2.29. The molecule has 0 heterocycles. The summed E-state index contributed by atoms with van der Waals surface area (Å²) >= 11 is 0. The fraction of sp³-hybridized carbons (Fsp3) is 0.938. The van der Waals surface area contributed by atoms with Crippen molar-refractivity contribution in [2.24, 2.45) is 11.8 Å². The number of Topliss-reactive ketones (excluding diaryl/α,β-unsaturated/α-hetero) is 1. The van der Waals surface area contributed by atoms with E-state index in [9.17, 15) is 18.0 Å². The van der Waals surface area contributed by atoms with Crippen molar-refractivity contribution in [1.82, 2.24) is 0 Å². The van der Waals surface area contributed by atoms with Gasteiger partial charge in [0.15, 0.2) is 0 Å². The summed E-state index contributed by atoms with van der Waals surface area (Å²) in [5.74, 6) is -1.09. The van der Waals surface area contributed by atoms with Gasteiger partial charge in [0.05, 0.1) is 5.92 Å². The van der Waals surface area contributed by atoms with Gasteiger partial charge in [0.25, 0.3) is 0 Å². The molecule has 0 aliphatic heterocycles. The highest BCUT2D eigenvalue weighted by Gasteiger charge is 2.42. The first-order valence-corrected chi connectivity index (χ1v) is 8.04. The van der Waals surface area contributed by atoms with Gasteiger partial charge in [-0.15, -0.1) is 0 Å². The third-order valence-corrected chi connectivity index (χ3v) is 4.42. The van der Waals surface area contributed by atoms with Crippen LogP contribution in [0, 0.1) is 11.8 Å². The fourth-order valence-corrected chi connectivity index (χ4v) is 3.03. The molecular formula is C16H27F3O. The molecule has 1 rings (SSSR count). The standard InChI is InChI=1S/C16H27F3O/c1-2-3-4-5-6-7-8-15(20)13-9-11-14(12-10-13)16(17,18)19/h13-14H,2-12H2,1H3. The summed E-state index contributed by atoms with van der Waals surface area (Å²) in [6.07, 6.45) is 4.44. The van der Waals surface area contributed by atoms with Crippen LogP contribution in [-0.2, 0) is 4.79 Å². The second kappa shape index (κ2) is 8.68. The van der Waals surface area contributed by atoms with Crippen molar-refractivity contribution in [2.45, 2.75) is 83.7 Å². The van der Waals surface area contributed by atoms with E-state index >= 15 is 0 Å². The summed E-state index contributed by atoms with van der Waals surface area (Å²) < 4.78 is 37.6. The molecule has 0 N–H and O–H groups in total. The maximum Gasteiger partial charge on any atom is 0.391 e. The topological polar surface area (TPSA) is 17.1 Å². The van der Waals surface area contributed by atoms with Gasteiger partial charge in [-0.1, -0.05) is 39.0 Å². The molecule has 0 spiro atoms. The molecule has 0 unspecified atom stereocenters. The molecule has 1 nitrogen and oxygen atoms in total. The number of hydrogen-bond acceptors (Lipinski definition) is 1. The molecule has 1 fully saturated rings. The molecule has 0 amide bonds. The molecule has 0 aromatic carbocycles. The molecule has 0 radical (unpaired) electrons. The lowest BCUT2D eigenvalue weighted by molar-refractivity contribution is -0.184. The van der Waals surface area contributed by atoms with Gasteiger partial charge in [-0.3, -0.25) is 4.79 Å². The highest BCUT2D eigenvalue weighted by molar-refractivity contribution is 5.81. The molecule has 0 bridgehead atoms. The third-order valence-electron chi connectivity index (χ3n) is 4.42. The summed E-state index contributed by atoms with van der Waals surface area (Å²) in [5.41, 5.74) is 0. The van der Waals surface area contributed by atoms with Crippen LogP contribution in [0.3, 0.4) is 0 Å². The molecule has 118 valence electrons. The first-order valence-electron chi connectivity index (χ1n) is 8.04. The van der Waals surface area contributed by atoms with E-state index in [1.54, 1.807) is 0 Å². The van der Waals surface area contributed by atoms with E-state index in [4.69, 9.17) is 0 Å². The van der Waals surface area contributed by atoms with Gasteiger partial charge >= 0.3 is 6.18 Å². The Hall–Kier alpha value is -0.540. The highest BCUT2D eigenvalue weighted by atomic mass is 19.4. The zero-order valence-corrected chi connectivity index (χ0v) is 12.5. The second-order valence-electron chi connectivity index (χ2n) is 6.07. The minimum atomic E-state index is -4.08. The van der Waals surface area contributed by atoms with Crippen molar-refractivity contribution in [2.75, 3.05) is 0 Å². The van der Waals surface area contributed by atoms with Gasteiger partial charge < -0.3 is 0 Å². The molecule has 0 saturated heterocycles. The van der Waals surface area contributed by atoms with Gasteiger partial charge in [-0.05, 0) is 32.1 Å². The summed E-state index contributed by atoms with van der Waals surface area (Å²) in [7, 11) is 0. The van der Waals surface area contributed by atoms with Crippen LogP contribution in [0.25, 0.3) is 0 Å². The number of halogens is 3. The van der Waals surface area contributed by atoms with Gasteiger partial charge in [-0.2, -0.15) is 13.2 Å². The maximum atomic E-state index is 12.5. The largest absolute Gasteiger partial charge is 0.391 e. The van der Waals surface area contributed by atoms with Crippen LogP contribution in [0.4, 0.5) is 13.2 Å². The van der Waals surface area contributed by atoms with E-state index in [0.717, 1.165) is 12.8 Å². The Kier molecular flexibility index (Phi) is 7.60. The SMILES string of the molecule is CCCCCCCCC(=O)C1CCC(C(F)(F)F)CC1. The first kappa shape index (κ1) is 17.5. The molecule has 20 heavy (non-hydrogen) atoms. The average Bonchev–Trinajstić information content (AvgIpc) is 2.41. The Balaban J connectivity index is 2.13. The predicted molar refractivity (Wildman–Crippen MR) is 74.5 cm³/mol. The average molecular weight is 292 g/mol. The van der Waals surface area contributed by atoms with Crippen LogP contribution in [0.15, 0.2) is 0 Å². The van der Waals surface area contributed by atoms with Crippen molar-refractivity contribution >= 4 is 5.78 Å². The van der Waals surface area contributed by atoms with Crippen molar-refractivity contribution in [3.8, 4) is 0 Å². The number of carbonyl (C=O) groups excluding carboxylic acids is 1. The number of unbranched alkanes of at least 4 members (excludes halogenated alkanes) is 5. The van der Waals surface area contributed by atoms with E-state index in [2.05, 4.69) is 6.92 Å². The van der Waals surface area contributed by atoms with E-state index in [1.165, 1.54) is 25.7 Å². The molecule has 0 aromatic heterocycles. The highest BCUT2D eigenvalue weighted by Crippen LogP contribution is 2.40. The van der Waals surface area contributed by atoms with E-state index in [1.807, 2.05) is 0 Å². The Labute approximate surface area is 120 Å². The van der Waals surface area contributed by atoms with Crippen LogP contribution in [0.2, 0.25) is 0 Å². The fourth-order valence-electron chi connectivity index (χ4n) is 3.03. The minimum Gasteiger partial charge on any atom is -0.299 e. The number of hydrogen-bond donors (Lipinski definition) is 0. The van der Waals surface area contributed by atoms with Crippen LogP contribution in [0.1, 0.15) is 77.6 Å². The van der Waals surface area contributed by atoms with E-state index in [-0.39, 0.29) is 24.5 Å². The summed E-state index contributed by atoms with van der Waals surface area (Å²) in [6.45, 7) is 2.17. The Morgan fingerprint density at radius 2 is 1.50 bits per heavy atom. The second-order valence-corrected chi connectivity index (χ2v) is 6.07. The Morgan fingerprint density at radius 3 is 2.05 bits per heavy atom. The number of alkyl halides is 3. The Morgan fingerprint density at radius 1 is 0.950 bits per heavy atom. The predicted octanol–water partition coefficient (Wildman–Crippen LogP) is 5.67. The van der Waals surface area contributed by atoms with E-state index in [0.29, 0.717) is 19.3 Å². The van der Waals surface area contributed by atoms with Gasteiger partial charge in [-0.25, -0.2) is 0 Å². The van der Waals surface area contributed by atoms with Crippen molar-refractivity contribution in [3.63, 3.8) is 0 Å². The van der Waals surface area contributed by atoms with Gasteiger partial charge in [0.1, 0.15) is 5.78 Å². The van der Waals surface area contributed by atoms with Crippen molar-refractivity contribution in [1.29, 1.82) is 0 Å². The smallest absolute Gasteiger partial charge is 0.299 e. The molecule has 0 atom stereocenters. The van der Waals surface area contributed by atoms with Crippen molar-refractivity contribution < 1.29 is 18.0 Å². The zero-order valence-electron chi connectivity index (χ0n) is 12.5. The van der Waals surface area contributed by atoms with Crippen LogP contribution in [0.5, 0.6) is 0 Å².